The number of aliphatic hydroxyl groups is 2. The summed E-state index contributed by atoms with van der Waals surface area (Å²) in [4.78, 5) is 10.6. The van der Waals surface area contributed by atoms with Crippen LogP contribution in [-0.4, -0.2) is 33.5 Å². The summed E-state index contributed by atoms with van der Waals surface area (Å²) in [5.74, 6) is 6.61. The fourth-order valence-corrected chi connectivity index (χ4v) is 4.62. The van der Waals surface area contributed by atoms with Gasteiger partial charge in [-0.25, -0.2) is 0 Å². The van der Waals surface area contributed by atoms with Crippen molar-refractivity contribution < 1.29 is 20.1 Å². The number of hydrogen-bond acceptors (Lipinski definition) is 3. The predicted octanol–water partition coefficient (Wildman–Crippen LogP) is 3.77. The molecule has 0 aliphatic heterocycles. The van der Waals surface area contributed by atoms with E-state index >= 15 is 0 Å². The Morgan fingerprint density at radius 1 is 1.31 bits per heavy atom. The molecule has 2 aliphatic rings. The van der Waals surface area contributed by atoms with Gasteiger partial charge in [-0.05, 0) is 56.3 Å². The number of fused-ring (bicyclic) bond motifs is 1. The zero-order valence-electron chi connectivity index (χ0n) is 16.2. The van der Waals surface area contributed by atoms with Crippen molar-refractivity contribution in [3.05, 3.63) is 11.6 Å². The highest BCUT2D eigenvalue weighted by Gasteiger charge is 2.50. The lowest BCUT2D eigenvalue weighted by molar-refractivity contribution is -0.137. The second-order valence-electron chi connectivity index (χ2n) is 7.93. The highest BCUT2D eigenvalue weighted by Crippen LogP contribution is 2.55. The Morgan fingerprint density at radius 2 is 2.08 bits per heavy atom. The molecule has 6 atom stereocenters. The first-order valence-corrected chi connectivity index (χ1v) is 10.2. The van der Waals surface area contributed by atoms with E-state index in [2.05, 4.69) is 31.8 Å². The van der Waals surface area contributed by atoms with E-state index in [1.165, 1.54) is 5.57 Å². The molecule has 0 bridgehead atoms. The summed E-state index contributed by atoms with van der Waals surface area (Å²) in [7, 11) is 0. The van der Waals surface area contributed by atoms with Crippen LogP contribution < -0.4 is 0 Å². The minimum Gasteiger partial charge on any atom is -0.481 e. The molecule has 2 saturated carbocycles. The summed E-state index contributed by atoms with van der Waals surface area (Å²) >= 11 is 0. The molecule has 0 amide bonds. The van der Waals surface area contributed by atoms with Gasteiger partial charge in [0.15, 0.2) is 0 Å². The zero-order valence-corrected chi connectivity index (χ0v) is 16.2. The number of rotatable bonds is 8. The van der Waals surface area contributed by atoms with Gasteiger partial charge in [0, 0.05) is 6.42 Å². The SMILES string of the molecule is CCCCCC(O)C#C[C@H]1[C@@H]2C(C)/C(=C/CCCC(=O)O)[C@@H]2CC[C@@H]1O. The summed E-state index contributed by atoms with van der Waals surface area (Å²) in [5.41, 5.74) is 1.42. The van der Waals surface area contributed by atoms with E-state index < -0.39 is 18.2 Å². The van der Waals surface area contributed by atoms with Gasteiger partial charge in [-0.3, -0.25) is 4.79 Å². The average Bonchev–Trinajstić information content (AvgIpc) is 2.60. The van der Waals surface area contributed by atoms with Crippen molar-refractivity contribution in [1.82, 2.24) is 0 Å². The van der Waals surface area contributed by atoms with Crippen LogP contribution in [0.1, 0.15) is 71.6 Å². The van der Waals surface area contributed by atoms with Crippen LogP contribution in [0.15, 0.2) is 11.6 Å². The minimum atomic E-state index is -0.739. The third kappa shape index (κ3) is 5.34. The first-order valence-electron chi connectivity index (χ1n) is 10.2. The van der Waals surface area contributed by atoms with Gasteiger partial charge in [-0.15, -0.1) is 0 Å². The van der Waals surface area contributed by atoms with Crippen molar-refractivity contribution in [2.75, 3.05) is 0 Å². The molecular formula is C22H34O4. The van der Waals surface area contributed by atoms with E-state index in [4.69, 9.17) is 5.11 Å². The van der Waals surface area contributed by atoms with E-state index in [-0.39, 0.29) is 12.3 Å². The molecular weight excluding hydrogens is 328 g/mol. The van der Waals surface area contributed by atoms with E-state index in [0.29, 0.717) is 30.6 Å². The van der Waals surface area contributed by atoms with Gasteiger partial charge in [0.05, 0.1) is 12.0 Å². The Morgan fingerprint density at radius 3 is 2.77 bits per heavy atom. The molecule has 4 nitrogen and oxygen atoms in total. The zero-order chi connectivity index (χ0) is 19.1. The molecule has 0 aromatic heterocycles. The number of carboxylic acids is 1. The molecule has 26 heavy (non-hydrogen) atoms. The van der Waals surface area contributed by atoms with Crippen molar-refractivity contribution >= 4 is 5.97 Å². The Balaban J connectivity index is 1.94. The number of allylic oxidation sites excluding steroid dienone is 2. The van der Waals surface area contributed by atoms with Crippen LogP contribution >= 0.6 is 0 Å². The van der Waals surface area contributed by atoms with Gasteiger partial charge >= 0.3 is 5.97 Å². The Kier molecular flexibility index (Phi) is 8.18. The summed E-state index contributed by atoms with van der Waals surface area (Å²) < 4.78 is 0. The van der Waals surface area contributed by atoms with Crippen LogP contribution in [0, 0.1) is 35.5 Å². The number of aliphatic carboxylic acids is 1. The van der Waals surface area contributed by atoms with Gasteiger partial charge in [0.25, 0.3) is 0 Å². The molecule has 0 heterocycles. The third-order valence-electron chi connectivity index (χ3n) is 6.07. The smallest absolute Gasteiger partial charge is 0.303 e. The highest BCUT2D eigenvalue weighted by atomic mass is 16.4. The molecule has 0 aromatic rings. The van der Waals surface area contributed by atoms with Crippen molar-refractivity contribution in [2.24, 2.45) is 23.7 Å². The topological polar surface area (TPSA) is 77.8 Å². The fraction of sp³-hybridized carbons (Fsp3) is 0.773. The van der Waals surface area contributed by atoms with Gasteiger partial charge in [0.2, 0.25) is 0 Å². The predicted molar refractivity (Wildman–Crippen MR) is 102 cm³/mol. The maximum atomic E-state index is 10.6. The average molecular weight is 363 g/mol. The molecule has 0 radical (unpaired) electrons. The summed E-state index contributed by atoms with van der Waals surface area (Å²) in [5, 5.41) is 29.2. The molecule has 4 heteroatoms. The molecule has 0 spiro atoms. The number of aliphatic hydroxyl groups excluding tert-OH is 2. The molecule has 2 aliphatic carbocycles. The van der Waals surface area contributed by atoms with Crippen LogP contribution in [0.4, 0.5) is 0 Å². The van der Waals surface area contributed by atoms with Crippen molar-refractivity contribution in [1.29, 1.82) is 0 Å². The van der Waals surface area contributed by atoms with Gasteiger partial charge in [-0.1, -0.05) is 50.2 Å². The van der Waals surface area contributed by atoms with Gasteiger partial charge in [-0.2, -0.15) is 0 Å². The number of unbranched alkanes of at least 4 members (excludes halogenated alkanes) is 3. The minimum absolute atomic E-state index is 0.0549. The normalized spacial score (nSPS) is 32.9. The first kappa shape index (κ1) is 21.0. The van der Waals surface area contributed by atoms with Crippen LogP contribution in [-0.2, 0) is 4.79 Å². The Bertz CT molecular complexity index is 556. The van der Waals surface area contributed by atoms with Crippen molar-refractivity contribution in [3.63, 3.8) is 0 Å². The molecule has 3 N–H and O–H groups in total. The van der Waals surface area contributed by atoms with Gasteiger partial charge in [0.1, 0.15) is 6.10 Å². The Labute approximate surface area is 157 Å². The lowest BCUT2D eigenvalue weighted by atomic mass is 9.51. The quantitative estimate of drug-likeness (QED) is 0.349. The van der Waals surface area contributed by atoms with Gasteiger partial charge < -0.3 is 15.3 Å². The number of hydrogen-bond donors (Lipinski definition) is 3. The lowest BCUT2D eigenvalue weighted by Gasteiger charge is -2.53. The monoisotopic (exact) mass is 362 g/mol. The molecule has 2 rings (SSSR count). The van der Waals surface area contributed by atoms with E-state index in [1.54, 1.807) is 0 Å². The van der Waals surface area contributed by atoms with Crippen LogP contribution in [0.2, 0.25) is 0 Å². The molecule has 2 fully saturated rings. The third-order valence-corrected chi connectivity index (χ3v) is 6.07. The van der Waals surface area contributed by atoms with Crippen molar-refractivity contribution in [2.45, 2.75) is 83.8 Å². The summed E-state index contributed by atoms with van der Waals surface area (Å²) in [6, 6.07) is 0. The maximum absolute atomic E-state index is 10.6. The number of carbonyl (C=O) groups is 1. The van der Waals surface area contributed by atoms with Crippen LogP contribution in [0.5, 0.6) is 0 Å². The largest absolute Gasteiger partial charge is 0.481 e. The Hall–Kier alpha value is -1.31. The summed E-state index contributed by atoms with van der Waals surface area (Å²) in [6.07, 6.45) is 8.62. The molecule has 0 saturated heterocycles. The molecule has 2 unspecified atom stereocenters. The van der Waals surface area contributed by atoms with Crippen LogP contribution in [0.3, 0.4) is 0 Å². The van der Waals surface area contributed by atoms with Crippen LogP contribution in [0.25, 0.3) is 0 Å². The maximum Gasteiger partial charge on any atom is 0.303 e. The molecule has 146 valence electrons. The van der Waals surface area contributed by atoms with Crippen molar-refractivity contribution in [3.8, 4) is 11.8 Å². The number of carboxylic acid groups (broad SMARTS) is 1. The molecule has 0 aromatic carbocycles. The van der Waals surface area contributed by atoms with E-state index in [9.17, 15) is 15.0 Å². The standard InChI is InChI=1S/C22H34O4/c1-3-4-5-8-16(23)11-12-19-20(24)14-13-18-17(15(2)22(18)19)9-6-7-10-21(25)26/h9,15-16,18-20,22-24H,3-8,10,13-14H2,1-2H3,(H,25,26)/b17-9-/t15?,16?,18-,19+,20-,22+/m0/s1. The fourth-order valence-electron chi connectivity index (χ4n) is 4.62. The first-order chi connectivity index (χ1) is 12.5. The second-order valence-corrected chi connectivity index (χ2v) is 7.93. The highest BCUT2D eigenvalue weighted by molar-refractivity contribution is 5.66. The van der Waals surface area contributed by atoms with E-state index in [0.717, 1.165) is 38.5 Å². The summed E-state index contributed by atoms with van der Waals surface area (Å²) in [6.45, 7) is 4.33. The lowest BCUT2D eigenvalue weighted by Crippen LogP contribution is -2.50. The van der Waals surface area contributed by atoms with E-state index in [1.807, 2.05) is 0 Å². The second kappa shape index (κ2) is 10.1.